The quantitative estimate of drug-likeness (QED) is 0.471. The van der Waals surface area contributed by atoms with Crippen molar-refractivity contribution in [2.75, 3.05) is 6.54 Å². The minimum atomic E-state index is -0.179. The molecule has 0 bridgehead atoms. The normalized spacial score (nSPS) is 13.2. The van der Waals surface area contributed by atoms with Crippen molar-refractivity contribution in [3.8, 4) is 11.8 Å². The van der Waals surface area contributed by atoms with E-state index in [4.69, 9.17) is 0 Å². The summed E-state index contributed by atoms with van der Waals surface area (Å²) in [4.78, 5) is 25.4. The summed E-state index contributed by atoms with van der Waals surface area (Å²) < 4.78 is 0. The van der Waals surface area contributed by atoms with Crippen molar-refractivity contribution in [2.24, 2.45) is 0 Å². The summed E-state index contributed by atoms with van der Waals surface area (Å²) in [5, 5.41) is 0. The van der Waals surface area contributed by atoms with Crippen molar-refractivity contribution < 1.29 is 9.59 Å². The number of amides is 2. The number of nitrogens with zero attached hydrogens (tertiary/aromatic N) is 1. The zero-order chi connectivity index (χ0) is 13.7. The lowest BCUT2D eigenvalue weighted by Crippen LogP contribution is -2.30. The van der Waals surface area contributed by atoms with E-state index in [2.05, 4.69) is 18.8 Å². The maximum absolute atomic E-state index is 12.0. The van der Waals surface area contributed by atoms with Crippen LogP contribution in [0.3, 0.4) is 0 Å². The molecule has 0 unspecified atom stereocenters. The summed E-state index contributed by atoms with van der Waals surface area (Å²) in [5.41, 5.74) is 1.04. The molecule has 1 heterocycles. The van der Waals surface area contributed by atoms with E-state index >= 15 is 0 Å². The van der Waals surface area contributed by atoms with E-state index in [1.54, 1.807) is 24.3 Å². The number of carbonyl (C=O) groups excluding carboxylic acids is 2. The van der Waals surface area contributed by atoms with Crippen LogP contribution in [0.4, 0.5) is 0 Å². The van der Waals surface area contributed by atoms with Crippen LogP contribution in [-0.2, 0) is 0 Å². The molecule has 3 nitrogen and oxygen atoms in total. The van der Waals surface area contributed by atoms with E-state index in [0.29, 0.717) is 17.7 Å². The molecule has 0 aromatic heterocycles. The summed E-state index contributed by atoms with van der Waals surface area (Å²) in [6, 6.07) is 6.97. The molecule has 1 aromatic carbocycles. The van der Waals surface area contributed by atoms with Crippen LogP contribution in [-0.4, -0.2) is 23.3 Å². The van der Waals surface area contributed by atoms with Gasteiger partial charge in [0.25, 0.3) is 11.8 Å². The van der Waals surface area contributed by atoms with Crippen molar-refractivity contribution in [2.45, 2.75) is 32.6 Å². The van der Waals surface area contributed by atoms with Gasteiger partial charge in [-0.1, -0.05) is 19.1 Å². The molecule has 0 N–H and O–H groups in total. The fourth-order valence-electron chi connectivity index (χ4n) is 2.07. The molecular formula is C16H17NO2. The van der Waals surface area contributed by atoms with Gasteiger partial charge in [0.2, 0.25) is 0 Å². The Kier molecular flexibility index (Phi) is 4.35. The molecule has 1 aliphatic heterocycles. The third-order valence-corrected chi connectivity index (χ3v) is 3.06. The molecule has 0 saturated carbocycles. The summed E-state index contributed by atoms with van der Waals surface area (Å²) >= 11 is 0. The third kappa shape index (κ3) is 2.85. The molecule has 19 heavy (non-hydrogen) atoms. The van der Waals surface area contributed by atoms with Gasteiger partial charge in [-0.2, -0.15) is 0 Å². The predicted molar refractivity (Wildman–Crippen MR) is 73.7 cm³/mol. The Bertz CT molecular complexity index is 516. The molecule has 0 aliphatic carbocycles. The zero-order valence-corrected chi connectivity index (χ0v) is 11.1. The number of imide groups is 1. The van der Waals surface area contributed by atoms with Gasteiger partial charge in [-0.25, -0.2) is 0 Å². The van der Waals surface area contributed by atoms with Gasteiger partial charge in [-0.3, -0.25) is 14.5 Å². The number of fused-ring (bicyclic) bond motifs is 1. The Morgan fingerprint density at radius 3 is 2.16 bits per heavy atom. The fourth-order valence-corrected chi connectivity index (χ4v) is 2.07. The number of unbranched alkanes of at least 4 members (excludes halogenated alkanes) is 2. The second-order valence-electron chi connectivity index (χ2n) is 4.51. The summed E-state index contributed by atoms with van der Waals surface area (Å²) in [5.74, 6) is 5.77. The largest absolute Gasteiger partial charge is 0.274 e. The van der Waals surface area contributed by atoms with Crippen LogP contribution in [0.2, 0.25) is 0 Å². The van der Waals surface area contributed by atoms with E-state index in [1.807, 2.05) is 0 Å². The lowest BCUT2D eigenvalue weighted by atomic mass is 10.1. The third-order valence-electron chi connectivity index (χ3n) is 3.06. The molecular weight excluding hydrogens is 238 g/mol. The van der Waals surface area contributed by atoms with Gasteiger partial charge >= 0.3 is 0 Å². The number of hydrogen-bond donors (Lipinski definition) is 0. The molecule has 98 valence electrons. The summed E-state index contributed by atoms with van der Waals surface area (Å²) in [6.07, 6.45) is 3.44. The van der Waals surface area contributed by atoms with Gasteiger partial charge < -0.3 is 0 Å². The van der Waals surface area contributed by atoms with E-state index in [9.17, 15) is 9.59 Å². The molecule has 2 rings (SSSR count). The lowest BCUT2D eigenvalue weighted by Gasteiger charge is -2.12. The highest BCUT2D eigenvalue weighted by Gasteiger charge is 2.34. The molecule has 1 aromatic rings. The van der Waals surface area contributed by atoms with Crippen LogP contribution < -0.4 is 0 Å². The maximum Gasteiger partial charge on any atom is 0.261 e. The van der Waals surface area contributed by atoms with Gasteiger partial charge in [0.05, 0.1) is 11.1 Å². The highest BCUT2D eigenvalue weighted by atomic mass is 16.2. The SMILES string of the molecule is CCCC#CCCCN1C(=O)c2ccccc2C1=O. The van der Waals surface area contributed by atoms with Crippen LogP contribution in [0, 0.1) is 11.8 Å². The highest BCUT2D eigenvalue weighted by molar-refractivity contribution is 6.21. The second kappa shape index (κ2) is 6.19. The van der Waals surface area contributed by atoms with Gasteiger partial charge in [-0.15, -0.1) is 11.8 Å². The topological polar surface area (TPSA) is 37.4 Å². The van der Waals surface area contributed by atoms with Crippen LogP contribution in [0.1, 0.15) is 53.3 Å². The average molecular weight is 255 g/mol. The minimum Gasteiger partial charge on any atom is -0.274 e. The van der Waals surface area contributed by atoms with Gasteiger partial charge in [0.15, 0.2) is 0 Å². The highest BCUT2D eigenvalue weighted by Crippen LogP contribution is 2.22. The molecule has 1 aliphatic rings. The number of carbonyl (C=O) groups is 2. The predicted octanol–water partition coefficient (Wildman–Crippen LogP) is 2.87. The number of hydrogen-bond acceptors (Lipinski definition) is 2. The Morgan fingerprint density at radius 1 is 1.00 bits per heavy atom. The van der Waals surface area contributed by atoms with Crippen molar-refractivity contribution in [1.82, 2.24) is 4.90 Å². The molecule has 0 saturated heterocycles. The zero-order valence-electron chi connectivity index (χ0n) is 11.1. The first-order valence-electron chi connectivity index (χ1n) is 6.66. The Balaban J connectivity index is 1.92. The van der Waals surface area contributed by atoms with Crippen molar-refractivity contribution in [3.05, 3.63) is 35.4 Å². The molecule has 2 amide bonds. The number of rotatable bonds is 4. The maximum atomic E-state index is 12.0. The number of benzene rings is 1. The van der Waals surface area contributed by atoms with Crippen LogP contribution in [0.15, 0.2) is 24.3 Å². The van der Waals surface area contributed by atoms with E-state index in [0.717, 1.165) is 25.7 Å². The average Bonchev–Trinajstić information content (AvgIpc) is 2.68. The van der Waals surface area contributed by atoms with Gasteiger partial charge in [0, 0.05) is 19.4 Å². The van der Waals surface area contributed by atoms with Crippen LogP contribution >= 0.6 is 0 Å². The van der Waals surface area contributed by atoms with E-state index in [1.165, 1.54) is 4.90 Å². The van der Waals surface area contributed by atoms with E-state index in [-0.39, 0.29) is 11.8 Å². The van der Waals surface area contributed by atoms with Crippen LogP contribution in [0.5, 0.6) is 0 Å². The first-order chi connectivity index (χ1) is 9.25. The molecule has 0 fully saturated rings. The van der Waals surface area contributed by atoms with Crippen molar-refractivity contribution in [3.63, 3.8) is 0 Å². The second-order valence-corrected chi connectivity index (χ2v) is 4.51. The van der Waals surface area contributed by atoms with Crippen molar-refractivity contribution in [1.29, 1.82) is 0 Å². The standard InChI is InChI=1S/C16H17NO2/c1-2-3-4-5-6-9-12-17-15(18)13-10-7-8-11-14(13)16(17)19/h7-8,10-11H,2-3,6,9,12H2,1H3. The van der Waals surface area contributed by atoms with Crippen molar-refractivity contribution >= 4 is 11.8 Å². The monoisotopic (exact) mass is 255 g/mol. The van der Waals surface area contributed by atoms with E-state index < -0.39 is 0 Å². The van der Waals surface area contributed by atoms with Gasteiger partial charge in [-0.05, 0) is 25.0 Å². The molecule has 0 radical (unpaired) electrons. The Morgan fingerprint density at radius 2 is 1.58 bits per heavy atom. The Labute approximate surface area is 113 Å². The summed E-state index contributed by atoms with van der Waals surface area (Å²) in [7, 11) is 0. The Hall–Kier alpha value is -2.08. The minimum absolute atomic E-state index is 0.179. The fraction of sp³-hybridized carbons (Fsp3) is 0.375. The van der Waals surface area contributed by atoms with Gasteiger partial charge in [0.1, 0.15) is 0 Å². The first-order valence-corrected chi connectivity index (χ1v) is 6.66. The van der Waals surface area contributed by atoms with Crippen LogP contribution in [0.25, 0.3) is 0 Å². The first kappa shape index (κ1) is 13.4. The molecule has 3 heteroatoms. The molecule has 0 atom stereocenters. The molecule has 0 spiro atoms. The smallest absolute Gasteiger partial charge is 0.261 e. The summed E-state index contributed by atoms with van der Waals surface area (Å²) in [6.45, 7) is 2.54. The lowest BCUT2D eigenvalue weighted by molar-refractivity contribution is 0.0653.